The van der Waals surface area contributed by atoms with E-state index in [0.29, 0.717) is 24.8 Å². The van der Waals surface area contributed by atoms with Crippen molar-refractivity contribution in [1.29, 1.82) is 0 Å². The number of likely N-dealkylation sites (tertiary alicyclic amines) is 1. The van der Waals surface area contributed by atoms with Crippen LogP contribution in [0.2, 0.25) is 0 Å². The fourth-order valence-electron chi connectivity index (χ4n) is 5.45. The molecule has 1 N–H and O–H groups in total. The van der Waals surface area contributed by atoms with Gasteiger partial charge >= 0.3 is 0 Å². The highest BCUT2D eigenvalue weighted by Gasteiger charge is 2.26. The third-order valence-electron chi connectivity index (χ3n) is 7.46. The molecule has 8 heteroatoms. The smallest absolute Gasteiger partial charge is 0.296 e. The van der Waals surface area contributed by atoms with Gasteiger partial charge in [0.2, 0.25) is 5.82 Å². The Hall–Kier alpha value is -4.17. The number of benzene rings is 3. The molecule has 0 aliphatic carbocycles. The molecule has 1 atom stereocenters. The van der Waals surface area contributed by atoms with Crippen LogP contribution >= 0.6 is 0 Å². The monoisotopic (exact) mass is 523 g/mol. The predicted octanol–water partition coefficient (Wildman–Crippen LogP) is 4.43. The largest absolute Gasteiger partial charge is 0.493 e. The highest BCUT2D eigenvalue weighted by Crippen LogP contribution is 2.40. The Kier molecular flexibility index (Phi) is 7.27. The molecule has 0 amide bonds. The van der Waals surface area contributed by atoms with Crippen molar-refractivity contribution in [2.45, 2.75) is 38.5 Å². The van der Waals surface area contributed by atoms with Crippen molar-refractivity contribution < 1.29 is 9.47 Å². The summed E-state index contributed by atoms with van der Waals surface area (Å²) in [6.45, 7) is 3.81. The lowest BCUT2D eigenvalue weighted by atomic mass is 10.0. The summed E-state index contributed by atoms with van der Waals surface area (Å²) in [5.74, 6) is 2.26. The van der Waals surface area contributed by atoms with E-state index >= 15 is 0 Å². The second-order valence-corrected chi connectivity index (χ2v) is 10.2. The Morgan fingerprint density at radius 2 is 1.77 bits per heavy atom. The number of hydrogen-bond donors (Lipinski definition) is 1. The average molecular weight is 524 g/mol. The van der Waals surface area contributed by atoms with Gasteiger partial charge in [-0.05, 0) is 42.6 Å². The van der Waals surface area contributed by atoms with Gasteiger partial charge in [0.05, 0.1) is 12.2 Å². The van der Waals surface area contributed by atoms with E-state index in [2.05, 4.69) is 44.7 Å². The van der Waals surface area contributed by atoms with E-state index in [4.69, 9.17) is 9.47 Å². The van der Waals surface area contributed by atoms with Gasteiger partial charge in [-0.15, -0.1) is 10.2 Å². The standard InChI is InChI=1S/C31H33N5O3/c1-35-30(26-14-15-27-25(16-18-38-27)28(26)39-21-23-11-6-3-7-12-23)34-33-29(31(35)37)32-24-13-8-17-36(20-24)19-22-9-4-2-5-10-22/h2-7,9-12,14-15,24H,8,13,16-21H2,1H3,(H,32,33)/t24-/m1/s1. The van der Waals surface area contributed by atoms with E-state index in [1.54, 1.807) is 11.6 Å². The number of nitrogens with zero attached hydrogens (tertiary/aromatic N) is 4. The van der Waals surface area contributed by atoms with Gasteiger partial charge in [-0.1, -0.05) is 60.7 Å². The van der Waals surface area contributed by atoms with Crippen molar-refractivity contribution in [1.82, 2.24) is 19.7 Å². The molecule has 8 nitrogen and oxygen atoms in total. The molecule has 2 aliphatic rings. The first kappa shape index (κ1) is 25.1. The van der Waals surface area contributed by atoms with E-state index in [0.717, 1.165) is 61.3 Å². The van der Waals surface area contributed by atoms with Gasteiger partial charge < -0.3 is 14.8 Å². The van der Waals surface area contributed by atoms with Crippen LogP contribution in [0, 0.1) is 0 Å². The van der Waals surface area contributed by atoms with Crippen molar-refractivity contribution in [2.75, 3.05) is 25.0 Å². The summed E-state index contributed by atoms with van der Waals surface area (Å²) in [4.78, 5) is 15.9. The molecule has 3 heterocycles. The molecule has 0 saturated carbocycles. The highest BCUT2D eigenvalue weighted by atomic mass is 16.5. The van der Waals surface area contributed by atoms with E-state index < -0.39 is 0 Å². The van der Waals surface area contributed by atoms with Crippen molar-refractivity contribution in [3.63, 3.8) is 0 Å². The second-order valence-electron chi connectivity index (χ2n) is 10.2. The van der Waals surface area contributed by atoms with E-state index in [1.807, 2.05) is 48.5 Å². The normalized spacial score (nSPS) is 16.9. The molecule has 200 valence electrons. The third-order valence-corrected chi connectivity index (χ3v) is 7.46. The number of fused-ring (bicyclic) bond motifs is 1. The van der Waals surface area contributed by atoms with Crippen LogP contribution in [0.4, 0.5) is 5.82 Å². The fraction of sp³-hybridized carbons (Fsp3) is 0.323. The molecule has 1 fully saturated rings. The summed E-state index contributed by atoms with van der Waals surface area (Å²) in [5, 5.41) is 12.3. The zero-order chi connectivity index (χ0) is 26.6. The van der Waals surface area contributed by atoms with Crippen LogP contribution < -0.4 is 20.3 Å². The summed E-state index contributed by atoms with van der Waals surface area (Å²) in [6.07, 6.45) is 2.80. The summed E-state index contributed by atoms with van der Waals surface area (Å²) in [6, 6.07) is 24.5. The average Bonchev–Trinajstić information content (AvgIpc) is 3.45. The van der Waals surface area contributed by atoms with Crippen LogP contribution in [0.1, 0.15) is 29.5 Å². The zero-order valence-electron chi connectivity index (χ0n) is 22.2. The lowest BCUT2D eigenvalue weighted by Crippen LogP contribution is -2.43. The van der Waals surface area contributed by atoms with Crippen LogP contribution in [0.15, 0.2) is 77.6 Å². The van der Waals surface area contributed by atoms with Crippen LogP contribution in [-0.2, 0) is 26.6 Å². The molecule has 0 bridgehead atoms. The molecule has 0 radical (unpaired) electrons. The minimum Gasteiger partial charge on any atom is -0.493 e. The first-order chi connectivity index (χ1) is 19.2. The maximum atomic E-state index is 13.5. The van der Waals surface area contributed by atoms with E-state index in [1.165, 1.54) is 5.56 Å². The summed E-state index contributed by atoms with van der Waals surface area (Å²) in [5.41, 5.74) is 3.89. The SMILES string of the molecule is Cn1c(-c2ccc3c(c2OCc2ccccc2)CCO3)nnc(N[C@@H]2CCCN(Cc3ccccc3)C2)c1=O. The van der Waals surface area contributed by atoms with Crippen LogP contribution in [0.3, 0.4) is 0 Å². The Morgan fingerprint density at radius 1 is 1.00 bits per heavy atom. The highest BCUT2D eigenvalue weighted by molar-refractivity contribution is 5.70. The Bertz CT molecular complexity index is 1490. The molecule has 0 unspecified atom stereocenters. The van der Waals surface area contributed by atoms with Gasteiger partial charge in [0.15, 0.2) is 5.82 Å². The van der Waals surface area contributed by atoms with Crippen molar-refractivity contribution >= 4 is 5.82 Å². The molecule has 4 aromatic rings. The topological polar surface area (TPSA) is 81.5 Å². The number of rotatable bonds is 8. The molecule has 39 heavy (non-hydrogen) atoms. The number of anilines is 1. The minimum atomic E-state index is -0.203. The summed E-state index contributed by atoms with van der Waals surface area (Å²) in [7, 11) is 1.74. The van der Waals surface area contributed by atoms with Crippen LogP contribution in [0.5, 0.6) is 11.5 Å². The van der Waals surface area contributed by atoms with Gasteiger partial charge in [-0.2, -0.15) is 0 Å². The predicted molar refractivity (Wildman–Crippen MR) is 151 cm³/mol. The molecule has 1 aromatic heterocycles. The Morgan fingerprint density at radius 3 is 2.56 bits per heavy atom. The number of ether oxygens (including phenoxy) is 2. The maximum absolute atomic E-state index is 13.5. The van der Waals surface area contributed by atoms with Crippen molar-refractivity contribution in [3.8, 4) is 22.9 Å². The van der Waals surface area contributed by atoms with E-state index in [9.17, 15) is 4.79 Å². The molecule has 6 rings (SSSR count). The molecule has 2 aliphatic heterocycles. The summed E-state index contributed by atoms with van der Waals surface area (Å²) < 4.78 is 13.7. The molecular weight excluding hydrogens is 490 g/mol. The lowest BCUT2D eigenvalue weighted by molar-refractivity contribution is 0.208. The first-order valence-corrected chi connectivity index (χ1v) is 13.6. The fourth-order valence-corrected chi connectivity index (χ4v) is 5.45. The summed E-state index contributed by atoms with van der Waals surface area (Å²) >= 11 is 0. The molecule has 3 aromatic carbocycles. The van der Waals surface area contributed by atoms with Crippen molar-refractivity contribution in [2.24, 2.45) is 7.05 Å². The molecular formula is C31H33N5O3. The zero-order valence-corrected chi connectivity index (χ0v) is 22.2. The first-order valence-electron chi connectivity index (χ1n) is 13.6. The maximum Gasteiger partial charge on any atom is 0.296 e. The minimum absolute atomic E-state index is 0.136. The Balaban J connectivity index is 1.23. The quantitative estimate of drug-likeness (QED) is 0.366. The number of aromatic nitrogens is 3. The van der Waals surface area contributed by atoms with Gasteiger partial charge in [-0.25, -0.2) is 0 Å². The number of nitrogens with one attached hydrogen (secondary N) is 1. The molecule has 1 saturated heterocycles. The van der Waals surface area contributed by atoms with Gasteiger partial charge in [0.25, 0.3) is 5.56 Å². The number of piperidine rings is 1. The third kappa shape index (κ3) is 5.52. The second kappa shape index (κ2) is 11.3. The lowest BCUT2D eigenvalue weighted by Gasteiger charge is -2.33. The van der Waals surface area contributed by atoms with Crippen LogP contribution in [-0.4, -0.2) is 45.4 Å². The van der Waals surface area contributed by atoms with E-state index in [-0.39, 0.29) is 17.4 Å². The van der Waals surface area contributed by atoms with Gasteiger partial charge in [0.1, 0.15) is 18.1 Å². The number of hydrogen-bond acceptors (Lipinski definition) is 7. The van der Waals surface area contributed by atoms with Crippen LogP contribution in [0.25, 0.3) is 11.4 Å². The van der Waals surface area contributed by atoms with Crippen molar-refractivity contribution in [3.05, 3.63) is 99.8 Å². The van der Waals surface area contributed by atoms with Gasteiger partial charge in [-0.3, -0.25) is 14.3 Å². The molecule has 0 spiro atoms. The van der Waals surface area contributed by atoms with Gasteiger partial charge in [0, 0.05) is 38.2 Å². The Labute approximate surface area is 228 Å².